The van der Waals surface area contributed by atoms with E-state index in [0.29, 0.717) is 31.2 Å². The third-order valence-corrected chi connectivity index (χ3v) is 5.97. The van der Waals surface area contributed by atoms with Crippen molar-refractivity contribution < 1.29 is 24.4 Å². The minimum absolute atomic E-state index is 0.0689. The minimum atomic E-state index is 0.0689. The van der Waals surface area contributed by atoms with Crippen molar-refractivity contribution >= 4 is 10.8 Å². The Labute approximate surface area is 176 Å². The highest BCUT2D eigenvalue weighted by molar-refractivity contribution is 5.82. The molecular formula is C24H27NO5. The number of hydrogen-bond donors (Lipinski definition) is 2. The molecule has 0 radical (unpaired) electrons. The number of aromatic hydroxyl groups is 2. The Kier molecular flexibility index (Phi) is 5.84. The van der Waals surface area contributed by atoms with Gasteiger partial charge in [0.05, 0.1) is 20.8 Å². The number of rotatable bonds is 6. The summed E-state index contributed by atoms with van der Waals surface area (Å²) < 4.78 is 16.4. The predicted octanol–water partition coefficient (Wildman–Crippen LogP) is 4.63. The van der Waals surface area contributed by atoms with Gasteiger partial charge in [-0.15, -0.1) is 0 Å². The molecule has 0 amide bonds. The molecule has 0 atom stereocenters. The first-order valence-electron chi connectivity index (χ1n) is 10.3. The monoisotopic (exact) mass is 409 g/mol. The quantitative estimate of drug-likeness (QED) is 0.456. The van der Waals surface area contributed by atoms with E-state index in [2.05, 4.69) is 4.98 Å². The summed E-state index contributed by atoms with van der Waals surface area (Å²) in [6.07, 6.45) is 5.88. The molecule has 0 spiro atoms. The van der Waals surface area contributed by atoms with Gasteiger partial charge >= 0.3 is 0 Å². The number of pyridine rings is 1. The average molecular weight is 409 g/mol. The maximum Gasteiger partial charge on any atom is 0.213 e. The SMILES string of the molecule is COc1c(O)c2c(c(O)c1OC)CCC(CCOc1cc3ccccc3cn1)CC2. The number of aromatic nitrogens is 1. The molecule has 0 bridgehead atoms. The summed E-state index contributed by atoms with van der Waals surface area (Å²) in [5, 5.41) is 23.5. The van der Waals surface area contributed by atoms with Gasteiger partial charge in [-0.25, -0.2) is 4.98 Å². The first-order chi connectivity index (χ1) is 14.6. The number of phenols is 2. The van der Waals surface area contributed by atoms with Gasteiger partial charge in [-0.05, 0) is 43.4 Å². The number of ether oxygens (including phenoxy) is 3. The van der Waals surface area contributed by atoms with E-state index in [4.69, 9.17) is 14.2 Å². The summed E-state index contributed by atoms with van der Waals surface area (Å²) >= 11 is 0. The van der Waals surface area contributed by atoms with E-state index in [1.165, 1.54) is 14.2 Å². The Morgan fingerprint density at radius 3 is 2.13 bits per heavy atom. The maximum absolute atomic E-state index is 10.6. The van der Waals surface area contributed by atoms with Gasteiger partial charge in [0.15, 0.2) is 11.5 Å². The van der Waals surface area contributed by atoms with Crippen LogP contribution in [0.2, 0.25) is 0 Å². The van der Waals surface area contributed by atoms with Gasteiger partial charge in [-0.2, -0.15) is 0 Å². The minimum Gasteiger partial charge on any atom is -0.504 e. The Hall–Kier alpha value is -3.15. The fraction of sp³-hybridized carbons (Fsp3) is 0.375. The van der Waals surface area contributed by atoms with E-state index in [1.807, 2.05) is 36.5 Å². The highest BCUT2D eigenvalue weighted by Crippen LogP contribution is 2.50. The molecule has 158 valence electrons. The molecule has 30 heavy (non-hydrogen) atoms. The maximum atomic E-state index is 10.6. The molecule has 0 fully saturated rings. The molecule has 0 saturated carbocycles. The topological polar surface area (TPSA) is 81.0 Å². The van der Waals surface area contributed by atoms with E-state index < -0.39 is 0 Å². The van der Waals surface area contributed by atoms with Crippen LogP contribution in [0.5, 0.6) is 28.9 Å². The van der Waals surface area contributed by atoms with E-state index in [9.17, 15) is 10.2 Å². The van der Waals surface area contributed by atoms with E-state index in [0.717, 1.165) is 41.2 Å². The van der Waals surface area contributed by atoms with Gasteiger partial charge in [0, 0.05) is 28.8 Å². The molecule has 0 saturated heterocycles. The van der Waals surface area contributed by atoms with Gasteiger partial charge in [0.1, 0.15) is 0 Å². The molecule has 1 aromatic heterocycles. The zero-order valence-electron chi connectivity index (χ0n) is 17.4. The fourth-order valence-electron chi connectivity index (χ4n) is 4.29. The molecular weight excluding hydrogens is 382 g/mol. The molecule has 0 unspecified atom stereocenters. The van der Waals surface area contributed by atoms with Crippen molar-refractivity contribution in [3.8, 4) is 28.9 Å². The molecule has 4 rings (SSSR count). The summed E-state index contributed by atoms with van der Waals surface area (Å²) in [7, 11) is 2.92. The van der Waals surface area contributed by atoms with Gasteiger partial charge < -0.3 is 24.4 Å². The van der Waals surface area contributed by atoms with Crippen molar-refractivity contribution in [3.63, 3.8) is 0 Å². The second kappa shape index (κ2) is 8.69. The van der Waals surface area contributed by atoms with Crippen LogP contribution in [-0.2, 0) is 12.8 Å². The van der Waals surface area contributed by atoms with Crippen LogP contribution in [0.4, 0.5) is 0 Å². The largest absolute Gasteiger partial charge is 0.504 e. The van der Waals surface area contributed by atoms with Crippen molar-refractivity contribution in [1.29, 1.82) is 0 Å². The van der Waals surface area contributed by atoms with Crippen LogP contribution in [0.1, 0.15) is 30.4 Å². The molecule has 2 N–H and O–H groups in total. The lowest BCUT2D eigenvalue weighted by molar-refractivity contribution is 0.260. The third-order valence-electron chi connectivity index (χ3n) is 5.97. The summed E-state index contributed by atoms with van der Waals surface area (Å²) in [4.78, 5) is 4.39. The molecule has 1 aliphatic rings. The lowest BCUT2D eigenvalue weighted by Crippen LogP contribution is -2.08. The second-order valence-corrected chi connectivity index (χ2v) is 7.67. The predicted molar refractivity (Wildman–Crippen MR) is 115 cm³/mol. The average Bonchev–Trinajstić information content (AvgIpc) is 2.99. The lowest BCUT2D eigenvalue weighted by Gasteiger charge is -2.17. The van der Waals surface area contributed by atoms with Crippen LogP contribution in [-0.4, -0.2) is 36.0 Å². The fourth-order valence-corrected chi connectivity index (χ4v) is 4.29. The molecule has 0 aliphatic heterocycles. The molecule has 2 aromatic carbocycles. The van der Waals surface area contributed by atoms with E-state index >= 15 is 0 Å². The highest BCUT2D eigenvalue weighted by Gasteiger charge is 2.28. The number of fused-ring (bicyclic) bond motifs is 2. The summed E-state index contributed by atoms with van der Waals surface area (Å²) in [5.74, 6) is 1.58. The van der Waals surface area contributed by atoms with Crippen molar-refractivity contribution in [2.45, 2.75) is 32.1 Å². The Bertz CT molecular complexity index is 1010. The first kappa shape index (κ1) is 20.1. The van der Waals surface area contributed by atoms with Crippen molar-refractivity contribution in [2.24, 2.45) is 5.92 Å². The molecule has 3 aromatic rings. The number of methoxy groups -OCH3 is 2. The van der Waals surface area contributed by atoms with E-state index in [1.54, 1.807) is 0 Å². The number of nitrogens with zero attached hydrogens (tertiary/aromatic N) is 1. The van der Waals surface area contributed by atoms with Gasteiger partial charge in [-0.1, -0.05) is 24.3 Å². The van der Waals surface area contributed by atoms with Gasteiger partial charge in [0.2, 0.25) is 17.4 Å². The molecule has 1 aliphatic carbocycles. The van der Waals surface area contributed by atoms with Crippen molar-refractivity contribution in [2.75, 3.05) is 20.8 Å². The van der Waals surface area contributed by atoms with Crippen LogP contribution in [0.25, 0.3) is 10.8 Å². The number of benzene rings is 2. The number of phenolic OH excluding ortho intramolecular Hbond substituents is 2. The molecule has 6 heteroatoms. The third kappa shape index (κ3) is 3.82. The zero-order chi connectivity index (χ0) is 21.1. The summed E-state index contributed by atoms with van der Waals surface area (Å²) in [5.41, 5.74) is 1.51. The molecule has 1 heterocycles. The summed E-state index contributed by atoms with van der Waals surface area (Å²) in [6, 6.07) is 10.0. The van der Waals surface area contributed by atoms with Crippen molar-refractivity contribution in [1.82, 2.24) is 4.98 Å². The van der Waals surface area contributed by atoms with Crippen LogP contribution in [0, 0.1) is 5.92 Å². The van der Waals surface area contributed by atoms with Crippen LogP contribution >= 0.6 is 0 Å². The summed E-state index contributed by atoms with van der Waals surface area (Å²) in [6.45, 7) is 0.580. The second-order valence-electron chi connectivity index (χ2n) is 7.67. The standard InChI is InChI=1S/C24H27NO5/c1-28-23-21(26)18-9-7-15(8-10-19(18)22(27)24(23)29-2)11-12-30-20-13-16-5-3-4-6-17(16)14-25-20/h3-6,13-15,26-27H,7-12H2,1-2H3. The van der Waals surface area contributed by atoms with Crippen LogP contribution in [0.3, 0.4) is 0 Å². The van der Waals surface area contributed by atoms with Crippen molar-refractivity contribution in [3.05, 3.63) is 47.7 Å². The Morgan fingerprint density at radius 1 is 0.933 bits per heavy atom. The van der Waals surface area contributed by atoms with Gasteiger partial charge in [0.25, 0.3) is 0 Å². The van der Waals surface area contributed by atoms with Crippen LogP contribution in [0.15, 0.2) is 36.5 Å². The van der Waals surface area contributed by atoms with Crippen LogP contribution < -0.4 is 14.2 Å². The van der Waals surface area contributed by atoms with E-state index in [-0.39, 0.29) is 23.0 Å². The Morgan fingerprint density at radius 2 is 1.53 bits per heavy atom. The highest BCUT2D eigenvalue weighted by atomic mass is 16.5. The lowest BCUT2D eigenvalue weighted by atomic mass is 9.96. The first-order valence-corrected chi connectivity index (χ1v) is 10.3. The molecule has 6 nitrogen and oxygen atoms in total. The number of hydrogen-bond acceptors (Lipinski definition) is 6. The van der Waals surface area contributed by atoms with Gasteiger partial charge in [-0.3, -0.25) is 0 Å². The normalized spacial score (nSPS) is 14.2. The Balaban J connectivity index is 1.41. The smallest absolute Gasteiger partial charge is 0.213 e. The zero-order valence-corrected chi connectivity index (χ0v) is 17.4.